The highest BCUT2D eigenvalue weighted by Crippen LogP contribution is 2.36. The van der Waals surface area contributed by atoms with Crippen LogP contribution >= 0.6 is 11.3 Å². The number of anilines is 1. The molecule has 0 spiro atoms. The molecule has 130 valence electrons. The Kier molecular flexibility index (Phi) is 3.96. The average molecular weight is 367 g/mol. The van der Waals surface area contributed by atoms with Gasteiger partial charge in [-0.15, -0.1) is 11.3 Å². The molecule has 8 heteroatoms. The molecule has 0 radical (unpaired) electrons. The third kappa shape index (κ3) is 2.74. The largest absolute Gasteiger partial charge is 0.373 e. The summed E-state index contributed by atoms with van der Waals surface area (Å²) in [5.74, 6) is 0.699. The van der Waals surface area contributed by atoms with Gasteiger partial charge in [-0.25, -0.2) is 19.3 Å². The molecule has 3 heterocycles. The monoisotopic (exact) mass is 367 g/mol. The second kappa shape index (κ2) is 6.30. The molecule has 4 aromatic rings. The van der Waals surface area contributed by atoms with Gasteiger partial charge in [0.1, 0.15) is 28.5 Å². The van der Waals surface area contributed by atoms with E-state index in [0.717, 1.165) is 16.0 Å². The summed E-state index contributed by atoms with van der Waals surface area (Å²) in [7, 11) is 1.75. The van der Waals surface area contributed by atoms with E-state index in [0.29, 0.717) is 27.6 Å². The van der Waals surface area contributed by atoms with Gasteiger partial charge in [-0.2, -0.15) is 0 Å². The molecule has 0 saturated carbocycles. The molecule has 0 saturated heterocycles. The van der Waals surface area contributed by atoms with E-state index in [1.165, 1.54) is 29.8 Å². The molecule has 0 atom stereocenters. The second-order valence-electron chi connectivity index (χ2n) is 5.67. The van der Waals surface area contributed by atoms with Crippen LogP contribution in [0, 0.1) is 12.7 Å². The van der Waals surface area contributed by atoms with Crippen molar-refractivity contribution in [3.8, 4) is 22.6 Å². The van der Waals surface area contributed by atoms with Crippen LogP contribution in [0.15, 0.2) is 41.5 Å². The van der Waals surface area contributed by atoms with Gasteiger partial charge in [0.15, 0.2) is 5.82 Å². The maximum absolute atomic E-state index is 13.2. The van der Waals surface area contributed by atoms with E-state index in [1.54, 1.807) is 25.2 Å². The number of hydrogen-bond donors (Lipinski definition) is 2. The van der Waals surface area contributed by atoms with E-state index in [2.05, 4.69) is 25.3 Å². The SMILES string of the molecule is CNc1cc(-c2nc3sc(C)c(-c4ccc(F)cc4)c3c(=O)[nH]2)ncn1. The van der Waals surface area contributed by atoms with Crippen LogP contribution in [0.3, 0.4) is 0 Å². The van der Waals surface area contributed by atoms with E-state index in [9.17, 15) is 9.18 Å². The third-order valence-corrected chi connectivity index (χ3v) is 5.04. The van der Waals surface area contributed by atoms with Gasteiger partial charge in [-0.3, -0.25) is 4.79 Å². The van der Waals surface area contributed by atoms with Crippen LogP contribution in [0.25, 0.3) is 32.9 Å². The summed E-state index contributed by atoms with van der Waals surface area (Å²) in [6.45, 7) is 1.92. The highest BCUT2D eigenvalue weighted by Gasteiger charge is 2.17. The van der Waals surface area contributed by atoms with Crippen LogP contribution in [0.2, 0.25) is 0 Å². The van der Waals surface area contributed by atoms with Gasteiger partial charge in [0.2, 0.25) is 0 Å². The van der Waals surface area contributed by atoms with Crippen LogP contribution in [0.5, 0.6) is 0 Å². The number of nitrogens with one attached hydrogen (secondary N) is 2. The number of benzene rings is 1. The number of aromatic nitrogens is 4. The van der Waals surface area contributed by atoms with E-state index in [4.69, 9.17) is 0 Å². The van der Waals surface area contributed by atoms with E-state index >= 15 is 0 Å². The van der Waals surface area contributed by atoms with Crippen LogP contribution in [-0.4, -0.2) is 27.0 Å². The van der Waals surface area contributed by atoms with Gasteiger partial charge in [0, 0.05) is 23.6 Å². The van der Waals surface area contributed by atoms with Crippen molar-refractivity contribution in [2.45, 2.75) is 6.92 Å². The highest BCUT2D eigenvalue weighted by atomic mass is 32.1. The average Bonchev–Trinajstić information content (AvgIpc) is 2.99. The fourth-order valence-corrected chi connectivity index (χ4v) is 3.87. The first-order valence-corrected chi connectivity index (χ1v) is 8.68. The molecule has 1 aromatic carbocycles. The number of halogens is 1. The van der Waals surface area contributed by atoms with Crippen molar-refractivity contribution in [3.05, 3.63) is 57.7 Å². The summed E-state index contributed by atoms with van der Waals surface area (Å²) in [6.07, 6.45) is 1.41. The smallest absolute Gasteiger partial charge is 0.260 e. The quantitative estimate of drug-likeness (QED) is 0.578. The lowest BCUT2D eigenvalue weighted by molar-refractivity contribution is 0.628. The molecule has 0 aliphatic heterocycles. The van der Waals surface area contributed by atoms with Crippen LogP contribution in [0.4, 0.5) is 10.2 Å². The van der Waals surface area contributed by atoms with Crippen molar-refractivity contribution in [1.82, 2.24) is 19.9 Å². The number of thiophene rings is 1. The Balaban J connectivity index is 1.92. The fraction of sp³-hybridized carbons (Fsp3) is 0.111. The van der Waals surface area contributed by atoms with Crippen LogP contribution in [-0.2, 0) is 0 Å². The summed E-state index contributed by atoms with van der Waals surface area (Å²) >= 11 is 1.43. The molecule has 0 fully saturated rings. The van der Waals surface area contributed by atoms with Crippen molar-refractivity contribution in [2.75, 3.05) is 12.4 Å². The van der Waals surface area contributed by atoms with Crippen LogP contribution in [0.1, 0.15) is 4.88 Å². The zero-order chi connectivity index (χ0) is 18.3. The summed E-state index contributed by atoms with van der Waals surface area (Å²) in [5.41, 5.74) is 1.84. The maximum Gasteiger partial charge on any atom is 0.260 e. The lowest BCUT2D eigenvalue weighted by Crippen LogP contribution is -2.10. The van der Waals surface area contributed by atoms with E-state index in [1.807, 2.05) is 6.92 Å². The number of aromatic amines is 1. The lowest BCUT2D eigenvalue weighted by atomic mass is 10.0. The molecule has 26 heavy (non-hydrogen) atoms. The third-order valence-electron chi connectivity index (χ3n) is 4.04. The summed E-state index contributed by atoms with van der Waals surface area (Å²) in [6, 6.07) is 7.82. The van der Waals surface area contributed by atoms with Gasteiger partial charge in [0.25, 0.3) is 5.56 Å². The van der Waals surface area contributed by atoms with Gasteiger partial charge >= 0.3 is 0 Å². The lowest BCUT2D eigenvalue weighted by Gasteiger charge is -2.04. The standard InChI is InChI=1S/C18H14FN5OS/c1-9-14(10-3-5-11(19)6-4-10)15-17(25)23-16(24-18(15)26-9)12-7-13(20-2)22-8-21-12/h3-8H,1-2H3,(H,20,21,22)(H,23,24,25). The second-order valence-corrected chi connectivity index (χ2v) is 6.88. The Morgan fingerprint density at radius 2 is 1.96 bits per heavy atom. The minimum atomic E-state index is -0.315. The molecule has 6 nitrogen and oxygen atoms in total. The van der Waals surface area contributed by atoms with Gasteiger partial charge in [-0.05, 0) is 24.6 Å². The molecule has 4 rings (SSSR count). The minimum Gasteiger partial charge on any atom is -0.373 e. The van der Waals surface area contributed by atoms with Crippen molar-refractivity contribution in [3.63, 3.8) is 0 Å². The zero-order valence-corrected chi connectivity index (χ0v) is 14.8. The molecule has 0 aliphatic rings. The zero-order valence-electron chi connectivity index (χ0n) is 14.0. The Bertz CT molecular complexity index is 1170. The molecule has 0 amide bonds. The Hall–Kier alpha value is -3.13. The first-order chi connectivity index (χ1) is 12.6. The normalized spacial score (nSPS) is 11.0. The Morgan fingerprint density at radius 1 is 1.19 bits per heavy atom. The van der Waals surface area contributed by atoms with Crippen molar-refractivity contribution >= 4 is 27.4 Å². The van der Waals surface area contributed by atoms with Crippen LogP contribution < -0.4 is 10.9 Å². The molecule has 3 aromatic heterocycles. The molecular weight excluding hydrogens is 353 g/mol. The molecule has 0 aliphatic carbocycles. The molecule has 0 bridgehead atoms. The minimum absolute atomic E-state index is 0.252. The highest BCUT2D eigenvalue weighted by molar-refractivity contribution is 7.19. The van der Waals surface area contributed by atoms with Gasteiger partial charge < -0.3 is 10.3 Å². The van der Waals surface area contributed by atoms with Crippen molar-refractivity contribution in [2.24, 2.45) is 0 Å². The molecule has 2 N–H and O–H groups in total. The number of nitrogens with zero attached hydrogens (tertiary/aromatic N) is 3. The Labute approximate surface area is 151 Å². The predicted octanol–water partition coefficient (Wildman–Crippen LogP) is 3.60. The predicted molar refractivity (Wildman–Crippen MR) is 101 cm³/mol. The summed E-state index contributed by atoms with van der Waals surface area (Å²) in [5, 5.41) is 3.43. The van der Waals surface area contributed by atoms with E-state index < -0.39 is 0 Å². The van der Waals surface area contributed by atoms with Gasteiger partial charge in [0.05, 0.1) is 5.39 Å². The van der Waals surface area contributed by atoms with Gasteiger partial charge in [-0.1, -0.05) is 12.1 Å². The van der Waals surface area contributed by atoms with Crippen molar-refractivity contribution < 1.29 is 4.39 Å². The number of hydrogen-bond acceptors (Lipinski definition) is 6. The summed E-state index contributed by atoms with van der Waals surface area (Å²) < 4.78 is 13.2. The number of fused-ring (bicyclic) bond motifs is 1. The first-order valence-electron chi connectivity index (χ1n) is 7.86. The maximum atomic E-state index is 13.2. The van der Waals surface area contributed by atoms with E-state index in [-0.39, 0.29) is 11.4 Å². The topological polar surface area (TPSA) is 83.6 Å². The number of rotatable bonds is 3. The molecular formula is C18H14FN5OS. The van der Waals surface area contributed by atoms with Crippen molar-refractivity contribution in [1.29, 1.82) is 0 Å². The first kappa shape index (κ1) is 16.3. The molecule has 0 unspecified atom stereocenters. The summed E-state index contributed by atoms with van der Waals surface area (Å²) in [4.78, 5) is 30.0. The fourth-order valence-electron chi connectivity index (χ4n) is 2.83. The Morgan fingerprint density at radius 3 is 2.69 bits per heavy atom. The number of aryl methyl sites for hydroxylation is 1. The number of H-pyrrole nitrogens is 1.